The molecule has 12 N–H and O–H groups in total. The third kappa shape index (κ3) is 1190. The fraction of sp³-hybridized carbons (Fsp3) is 0.800. The summed E-state index contributed by atoms with van der Waals surface area (Å²) in [6.45, 7) is 2.64. The summed E-state index contributed by atoms with van der Waals surface area (Å²) in [7, 11) is 0. The number of hydrogen-bond acceptors (Lipinski definition) is 4. The summed E-state index contributed by atoms with van der Waals surface area (Å²) in [5, 5.41) is 26.1. The van der Waals surface area contributed by atoms with Crippen molar-refractivity contribution in [2.45, 2.75) is 13.8 Å². The van der Waals surface area contributed by atoms with Crippen molar-refractivity contribution >= 4 is 6.47 Å². The van der Waals surface area contributed by atoms with Gasteiger partial charge in [-0.05, 0) is 0 Å². The lowest BCUT2D eigenvalue weighted by molar-refractivity contribution is -0.362. The molecule has 0 aromatic rings. The van der Waals surface area contributed by atoms with E-state index in [2.05, 4.69) is 0 Å². The molecule has 0 amide bonds. The molecule has 7 heteroatoms. The summed E-state index contributed by atoms with van der Waals surface area (Å²) in [6, 6.07) is 0. The van der Waals surface area contributed by atoms with Crippen molar-refractivity contribution < 1.29 is 20.1 Å². The van der Waals surface area contributed by atoms with Crippen LogP contribution in [-0.2, 0) is 4.79 Å². The van der Waals surface area contributed by atoms with Crippen LogP contribution < -0.4 is 33.8 Å². The molecule has 0 aromatic heterocycles. The SMILES string of the molecule is CC[O-].CC[O-].O=C[O-].[NH4+].[NH4+].[NH4+]. The van der Waals surface area contributed by atoms with E-state index in [-0.39, 0.29) is 31.7 Å². The summed E-state index contributed by atoms with van der Waals surface area (Å²) < 4.78 is 0. The van der Waals surface area contributed by atoms with Crippen LogP contribution in [0.5, 0.6) is 0 Å². The molecular formula is C5H23N3O4. The molecule has 12 heavy (non-hydrogen) atoms. The zero-order valence-electron chi connectivity index (χ0n) is 8.62. The van der Waals surface area contributed by atoms with E-state index in [1.165, 1.54) is 0 Å². The number of carbonyl (C=O) groups is 1. The van der Waals surface area contributed by atoms with E-state index in [4.69, 9.17) is 20.1 Å². The molecule has 0 atom stereocenters. The fourth-order valence-electron chi connectivity index (χ4n) is 0. The zero-order valence-corrected chi connectivity index (χ0v) is 8.62. The molecule has 0 aliphatic heterocycles. The van der Waals surface area contributed by atoms with Crippen molar-refractivity contribution in [2.75, 3.05) is 13.2 Å². The smallest absolute Gasteiger partial charge is 0.0275 e. The van der Waals surface area contributed by atoms with Crippen molar-refractivity contribution in [3.8, 4) is 0 Å². The first kappa shape index (κ1) is 42.8. The molecule has 0 aliphatic carbocycles. The van der Waals surface area contributed by atoms with Crippen LogP contribution >= 0.6 is 0 Å². The van der Waals surface area contributed by atoms with Crippen LogP contribution in [0.25, 0.3) is 0 Å². The van der Waals surface area contributed by atoms with Gasteiger partial charge in [-0.1, -0.05) is 13.8 Å². The highest BCUT2D eigenvalue weighted by Gasteiger charge is 1.16. The van der Waals surface area contributed by atoms with Gasteiger partial charge in [0.25, 0.3) is 0 Å². The second kappa shape index (κ2) is 171. The Kier molecular flexibility index (Phi) is 611. The second-order valence-corrected chi connectivity index (χ2v) is 0.674. The second-order valence-electron chi connectivity index (χ2n) is 0.674. The lowest BCUT2D eigenvalue weighted by atomic mass is 10.9. The molecule has 0 unspecified atom stereocenters. The van der Waals surface area contributed by atoms with Crippen molar-refractivity contribution in [3.05, 3.63) is 0 Å². The van der Waals surface area contributed by atoms with Crippen LogP contribution in [0, 0.1) is 0 Å². The molecule has 0 bridgehead atoms. The maximum absolute atomic E-state index is 8.93. The van der Waals surface area contributed by atoms with Crippen molar-refractivity contribution in [2.24, 2.45) is 0 Å². The summed E-state index contributed by atoms with van der Waals surface area (Å²) in [4.78, 5) is 8.25. The average molecular weight is 189 g/mol. The summed E-state index contributed by atoms with van der Waals surface area (Å²) >= 11 is 0. The quantitative estimate of drug-likeness (QED) is 0.379. The van der Waals surface area contributed by atoms with Gasteiger partial charge in [-0.3, -0.25) is 0 Å². The van der Waals surface area contributed by atoms with Crippen LogP contribution in [0.1, 0.15) is 13.8 Å². The van der Waals surface area contributed by atoms with Gasteiger partial charge in [0, 0.05) is 6.47 Å². The first-order chi connectivity index (χ1) is 4.24. The number of rotatable bonds is 0. The van der Waals surface area contributed by atoms with Crippen LogP contribution in [0.15, 0.2) is 0 Å². The minimum Gasteiger partial charge on any atom is -0.855 e. The van der Waals surface area contributed by atoms with Gasteiger partial charge >= 0.3 is 0 Å². The monoisotopic (exact) mass is 189 g/mol. The molecule has 7 nitrogen and oxygen atoms in total. The van der Waals surface area contributed by atoms with Crippen molar-refractivity contribution in [3.63, 3.8) is 0 Å². The van der Waals surface area contributed by atoms with Crippen LogP contribution in [-0.4, -0.2) is 19.7 Å². The van der Waals surface area contributed by atoms with E-state index in [0.29, 0.717) is 0 Å². The van der Waals surface area contributed by atoms with Crippen LogP contribution in [0.3, 0.4) is 0 Å². The lowest BCUT2D eigenvalue weighted by Gasteiger charge is -1.79. The van der Waals surface area contributed by atoms with Crippen LogP contribution in [0.4, 0.5) is 0 Å². The predicted molar refractivity (Wildman–Crippen MR) is 45.1 cm³/mol. The number of quaternary nitrogens is 3. The average Bonchev–Trinajstić information content (AvgIpc) is 1.70. The fourth-order valence-corrected chi connectivity index (χ4v) is 0. The minimum atomic E-state index is -0.500. The zero-order chi connectivity index (χ0) is 8.12. The van der Waals surface area contributed by atoms with E-state index in [9.17, 15) is 0 Å². The molecule has 0 heterocycles. The largest absolute Gasteiger partial charge is 0.855 e. The Labute approximate surface area is 73.2 Å². The van der Waals surface area contributed by atoms with Gasteiger partial charge in [0.2, 0.25) is 0 Å². The highest BCUT2D eigenvalue weighted by Crippen LogP contribution is 1.19. The van der Waals surface area contributed by atoms with Gasteiger partial charge in [-0.15, -0.1) is 13.2 Å². The standard InChI is InChI=1S/2C2H5O.CH2O2.3H3N/c2*1-2-3;2-1-3;;;/h2*2H2,1H3;1H,(H,2,3);3*1H3/q2*-1;;;;/p+2. The normalized spacial score (nSPS) is 4.00. The van der Waals surface area contributed by atoms with E-state index in [1.54, 1.807) is 13.8 Å². The Balaban J connectivity index is -0.00000001000. The third-order valence-electron chi connectivity index (χ3n) is 0. The summed E-state index contributed by atoms with van der Waals surface area (Å²) in [5.74, 6) is 0. The maximum Gasteiger partial charge on any atom is 0.0275 e. The molecule has 0 saturated carbocycles. The predicted octanol–water partition coefficient (Wildman–Crippen LogP) is -1.77. The topological polar surface area (TPSA) is 196 Å². The molecule has 0 saturated heterocycles. The Bertz CT molecular complexity index is 37.9. The van der Waals surface area contributed by atoms with Crippen molar-refractivity contribution in [1.29, 1.82) is 0 Å². The maximum atomic E-state index is 8.93. The molecule has 0 radical (unpaired) electrons. The Morgan fingerprint density at radius 3 is 1.00 bits per heavy atom. The third-order valence-corrected chi connectivity index (χ3v) is 0. The minimum absolute atomic E-state index is 0. The van der Waals surface area contributed by atoms with E-state index in [0.717, 1.165) is 0 Å². The van der Waals surface area contributed by atoms with Crippen molar-refractivity contribution in [1.82, 2.24) is 18.5 Å². The summed E-state index contributed by atoms with van der Waals surface area (Å²) in [6.07, 6.45) is 0. The van der Waals surface area contributed by atoms with E-state index >= 15 is 0 Å². The van der Waals surface area contributed by atoms with Gasteiger partial charge in [0.1, 0.15) is 0 Å². The lowest BCUT2D eigenvalue weighted by Crippen LogP contribution is -2.01. The van der Waals surface area contributed by atoms with Gasteiger partial charge in [-0.25, -0.2) is 0 Å². The Hall–Kier alpha value is -0.730. The highest BCUT2D eigenvalue weighted by molar-refractivity contribution is 5.29. The number of hydrogen-bond donors (Lipinski definition) is 3. The Morgan fingerprint density at radius 2 is 1.00 bits per heavy atom. The molecule has 0 rings (SSSR count). The van der Waals surface area contributed by atoms with Gasteiger partial charge < -0.3 is 38.6 Å². The van der Waals surface area contributed by atoms with Gasteiger partial charge in [0.05, 0.1) is 0 Å². The molecule has 0 fully saturated rings. The molecule has 0 spiro atoms. The number of carboxylic acid groups (broad SMARTS) is 1. The van der Waals surface area contributed by atoms with Gasteiger partial charge in [-0.2, -0.15) is 0 Å². The molecular weight excluding hydrogens is 166 g/mol. The highest BCUT2D eigenvalue weighted by atomic mass is 16.3. The molecule has 0 aliphatic rings. The van der Waals surface area contributed by atoms with E-state index < -0.39 is 6.47 Å². The molecule has 0 aromatic carbocycles. The summed E-state index contributed by atoms with van der Waals surface area (Å²) in [5.41, 5.74) is 0. The van der Waals surface area contributed by atoms with E-state index in [1.807, 2.05) is 0 Å². The Morgan fingerprint density at radius 1 is 1.00 bits per heavy atom. The van der Waals surface area contributed by atoms with Gasteiger partial charge in [0.15, 0.2) is 0 Å². The number of carbonyl (C=O) groups excluding carboxylic acids is 1. The molecule has 82 valence electrons. The first-order valence-electron chi connectivity index (χ1n) is 2.46. The van der Waals surface area contributed by atoms with Crippen LogP contribution in [0.2, 0.25) is 0 Å². The first-order valence-corrected chi connectivity index (χ1v) is 2.46.